The standard InChI is InChI=1S/C3H6Br2/c1-3(5)2-4/h3H,2H2,1H3/t3-/m1/s1. The lowest BCUT2D eigenvalue weighted by Crippen LogP contribution is -1.85. The molecule has 5 heavy (non-hydrogen) atoms. The molecule has 0 nitrogen and oxygen atoms in total. The van der Waals surface area contributed by atoms with Gasteiger partial charge < -0.3 is 0 Å². The van der Waals surface area contributed by atoms with Gasteiger partial charge in [0.05, 0.1) is 0 Å². The fourth-order valence-corrected chi connectivity index (χ4v) is 0. The van der Waals surface area contributed by atoms with Gasteiger partial charge in [0.1, 0.15) is 0 Å². The third-order valence-corrected chi connectivity index (χ3v) is 2.38. The Morgan fingerprint density at radius 2 is 2.00 bits per heavy atom. The second-order valence-corrected chi connectivity index (χ2v) is 3.15. The average Bonchev–Trinajstić information content (AvgIpc) is 1.38. The summed E-state index contributed by atoms with van der Waals surface area (Å²) in [6.07, 6.45) is 0. The van der Waals surface area contributed by atoms with Gasteiger partial charge in [-0.3, -0.25) is 0 Å². The van der Waals surface area contributed by atoms with E-state index in [0.717, 1.165) is 5.33 Å². The molecule has 0 N–H and O–H groups in total. The first-order chi connectivity index (χ1) is 2.27. The van der Waals surface area contributed by atoms with E-state index in [-0.39, 0.29) is 0 Å². The van der Waals surface area contributed by atoms with Gasteiger partial charge in [0.2, 0.25) is 0 Å². The van der Waals surface area contributed by atoms with Gasteiger partial charge in [0, 0.05) is 10.2 Å². The Labute approximate surface area is 49.2 Å². The Balaban J connectivity index is 2.54. The van der Waals surface area contributed by atoms with Crippen LogP contribution in [0.3, 0.4) is 0 Å². The molecule has 2 heteroatoms. The van der Waals surface area contributed by atoms with Gasteiger partial charge >= 0.3 is 0 Å². The highest BCUT2D eigenvalue weighted by molar-refractivity contribution is 9.12. The Bertz CT molecular complexity index is 18.9. The number of hydrogen-bond donors (Lipinski definition) is 0. The van der Waals surface area contributed by atoms with Crippen molar-refractivity contribution in [3.63, 3.8) is 0 Å². The molecule has 0 aliphatic heterocycles. The largest absolute Gasteiger partial charge is 0.0916 e. The van der Waals surface area contributed by atoms with Crippen molar-refractivity contribution in [1.82, 2.24) is 0 Å². The summed E-state index contributed by atoms with van der Waals surface area (Å²) in [7, 11) is 0. The molecule has 0 aromatic rings. The first-order valence-electron chi connectivity index (χ1n) is 1.47. The van der Waals surface area contributed by atoms with Crippen molar-refractivity contribution in [2.75, 3.05) is 5.33 Å². The molecule has 0 rings (SSSR count). The maximum Gasteiger partial charge on any atom is 0.0214 e. The van der Waals surface area contributed by atoms with Crippen molar-refractivity contribution in [2.45, 2.75) is 11.8 Å². The van der Waals surface area contributed by atoms with Crippen LogP contribution in [0.5, 0.6) is 0 Å². The third-order valence-electron chi connectivity index (χ3n) is 0.213. The molecule has 0 unspecified atom stereocenters. The van der Waals surface area contributed by atoms with E-state index < -0.39 is 0 Å². The molecule has 0 spiro atoms. The SMILES string of the molecule is C[C@@H](Br)CBr. The number of halogens is 2. The highest BCUT2D eigenvalue weighted by Crippen LogP contribution is 1.99. The normalized spacial score (nSPS) is 15.0. The number of alkyl halides is 2. The molecule has 0 bridgehead atoms. The van der Waals surface area contributed by atoms with Crippen LogP contribution in [0, 0.1) is 0 Å². The Hall–Kier alpha value is 0.960. The van der Waals surface area contributed by atoms with Crippen LogP contribution in [0.4, 0.5) is 0 Å². The molecule has 0 amide bonds. The molecular formula is C3H6Br2. The van der Waals surface area contributed by atoms with E-state index in [1.807, 2.05) is 0 Å². The van der Waals surface area contributed by atoms with Crippen molar-refractivity contribution >= 4 is 31.9 Å². The molecule has 0 aromatic carbocycles. The van der Waals surface area contributed by atoms with E-state index in [2.05, 4.69) is 38.8 Å². The van der Waals surface area contributed by atoms with Crippen molar-refractivity contribution < 1.29 is 0 Å². The molecule has 0 radical (unpaired) electrons. The first kappa shape index (κ1) is 5.96. The average molecular weight is 202 g/mol. The maximum atomic E-state index is 3.33. The van der Waals surface area contributed by atoms with Crippen LogP contribution < -0.4 is 0 Å². The van der Waals surface area contributed by atoms with Crippen molar-refractivity contribution in [3.8, 4) is 0 Å². The Morgan fingerprint density at radius 1 is 1.80 bits per heavy atom. The summed E-state index contributed by atoms with van der Waals surface area (Å²) >= 11 is 6.59. The van der Waals surface area contributed by atoms with E-state index in [9.17, 15) is 0 Å². The van der Waals surface area contributed by atoms with Crippen LogP contribution in [-0.4, -0.2) is 10.2 Å². The molecule has 0 fully saturated rings. The van der Waals surface area contributed by atoms with E-state index in [4.69, 9.17) is 0 Å². The number of hydrogen-bond acceptors (Lipinski definition) is 0. The summed E-state index contributed by atoms with van der Waals surface area (Å²) < 4.78 is 0. The molecule has 0 aliphatic rings. The van der Waals surface area contributed by atoms with Crippen molar-refractivity contribution in [3.05, 3.63) is 0 Å². The van der Waals surface area contributed by atoms with E-state index in [1.165, 1.54) is 0 Å². The Morgan fingerprint density at radius 3 is 2.00 bits per heavy atom. The lowest BCUT2D eigenvalue weighted by atomic mass is 10.6. The van der Waals surface area contributed by atoms with Gasteiger partial charge in [-0.15, -0.1) is 0 Å². The van der Waals surface area contributed by atoms with E-state index >= 15 is 0 Å². The molecule has 0 aliphatic carbocycles. The van der Waals surface area contributed by atoms with Crippen LogP contribution in [0.15, 0.2) is 0 Å². The van der Waals surface area contributed by atoms with Gasteiger partial charge in [0.15, 0.2) is 0 Å². The van der Waals surface area contributed by atoms with Gasteiger partial charge in [-0.1, -0.05) is 38.8 Å². The Kier molecular flexibility index (Phi) is 3.77. The molecule has 0 saturated heterocycles. The molecule has 0 aromatic heterocycles. The van der Waals surface area contributed by atoms with Crippen LogP contribution in [0.2, 0.25) is 0 Å². The smallest absolute Gasteiger partial charge is 0.0214 e. The molecule has 0 heterocycles. The lowest BCUT2D eigenvalue weighted by Gasteiger charge is -1.86. The molecular weight excluding hydrogens is 196 g/mol. The summed E-state index contributed by atoms with van der Waals surface area (Å²) in [4.78, 5) is 0.613. The zero-order chi connectivity index (χ0) is 4.28. The zero-order valence-corrected chi connectivity index (χ0v) is 6.21. The molecule has 1 atom stereocenters. The first-order valence-corrected chi connectivity index (χ1v) is 3.51. The summed E-state index contributed by atoms with van der Waals surface area (Å²) in [6, 6.07) is 0. The minimum atomic E-state index is 0.613. The highest BCUT2D eigenvalue weighted by atomic mass is 79.9. The predicted molar refractivity (Wildman–Crippen MR) is 32.2 cm³/mol. The van der Waals surface area contributed by atoms with Crippen LogP contribution in [-0.2, 0) is 0 Å². The monoisotopic (exact) mass is 200 g/mol. The van der Waals surface area contributed by atoms with E-state index in [0.29, 0.717) is 4.83 Å². The van der Waals surface area contributed by atoms with E-state index in [1.54, 1.807) is 0 Å². The fraction of sp³-hybridized carbons (Fsp3) is 1.00. The molecule has 0 saturated carbocycles. The second-order valence-electron chi connectivity index (χ2n) is 0.935. The topological polar surface area (TPSA) is 0 Å². The van der Waals surface area contributed by atoms with Gasteiger partial charge in [-0.05, 0) is 0 Å². The fourth-order valence-electron chi connectivity index (χ4n) is 0. The summed E-state index contributed by atoms with van der Waals surface area (Å²) in [5, 5.41) is 1.03. The molecule has 32 valence electrons. The quantitative estimate of drug-likeness (QED) is 0.571. The third kappa shape index (κ3) is 4.96. The minimum Gasteiger partial charge on any atom is -0.0916 e. The van der Waals surface area contributed by atoms with Crippen molar-refractivity contribution in [1.29, 1.82) is 0 Å². The number of rotatable bonds is 1. The van der Waals surface area contributed by atoms with Crippen LogP contribution >= 0.6 is 31.9 Å². The maximum absolute atomic E-state index is 3.33. The van der Waals surface area contributed by atoms with Gasteiger partial charge in [-0.25, -0.2) is 0 Å². The van der Waals surface area contributed by atoms with Crippen LogP contribution in [0.1, 0.15) is 6.92 Å². The summed E-state index contributed by atoms with van der Waals surface area (Å²) in [6.45, 7) is 2.09. The second kappa shape index (κ2) is 3.16. The lowest BCUT2D eigenvalue weighted by molar-refractivity contribution is 1.17. The van der Waals surface area contributed by atoms with Crippen LogP contribution in [0.25, 0.3) is 0 Å². The highest BCUT2D eigenvalue weighted by Gasteiger charge is 1.84. The minimum absolute atomic E-state index is 0.613. The summed E-state index contributed by atoms with van der Waals surface area (Å²) in [5.41, 5.74) is 0. The zero-order valence-electron chi connectivity index (χ0n) is 3.04. The predicted octanol–water partition coefficient (Wildman–Crippen LogP) is 2.16. The van der Waals surface area contributed by atoms with Gasteiger partial charge in [-0.2, -0.15) is 0 Å². The van der Waals surface area contributed by atoms with Crippen molar-refractivity contribution in [2.24, 2.45) is 0 Å². The van der Waals surface area contributed by atoms with Gasteiger partial charge in [0.25, 0.3) is 0 Å². The summed E-state index contributed by atoms with van der Waals surface area (Å²) in [5.74, 6) is 0.